The van der Waals surface area contributed by atoms with Gasteiger partial charge in [0.05, 0.1) is 12.9 Å². The summed E-state index contributed by atoms with van der Waals surface area (Å²) in [5, 5.41) is 7.37. The molecule has 0 spiro atoms. The summed E-state index contributed by atoms with van der Waals surface area (Å²) in [4.78, 5) is 15.5. The van der Waals surface area contributed by atoms with Crippen molar-refractivity contribution in [2.24, 2.45) is 7.05 Å². The SMILES string of the molecule is Cn1cnnc1C(=O)Cn1ccnc1. The van der Waals surface area contributed by atoms with Gasteiger partial charge in [0.2, 0.25) is 11.6 Å². The second-order valence-electron chi connectivity index (χ2n) is 2.92. The quantitative estimate of drug-likeness (QED) is 0.635. The maximum atomic E-state index is 11.6. The number of rotatable bonds is 3. The average molecular weight is 191 g/mol. The van der Waals surface area contributed by atoms with Crippen molar-refractivity contribution in [3.63, 3.8) is 0 Å². The molecule has 0 unspecified atom stereocenters. The summed E-state index contributed by atoms with van der Waals surface area (Å²) in [6.07, 6.45) is 6.45. The molecule has 0 saturated carbocycles. The Balaban J connectivity index is 2.14. The van der Waals surface area contributed by atoms with Crippen LogP contribution in [0, 0.1) is 0 Å². The molecule has 2 heterocycles. The molecule has 0 aliphatic heterocycles. The van der Waals surface area contributed by atoms with Gasteiger partial charge >= 0.3 is 0 Å². The summed E-state index contributed by atoms with van der Waals surface area (Å²) in [6.45, 7) is 0.243. The molecule has 72 valence electrons. The van der Waals surface area contributed by atoms with E-state index in [1.807, 2.05) is 0 Å². The van der Waals surface area contributed by atoms with Crippen molar-refractivity contribution in [1.82, 2.24) is 24.3 Å². The van der Waals surface area contributed by atoms with Gasteiger partial charge in [-0.25, -0.2) is 4.98 Å². The minimum absolute atomic E-state index is 0.0806. The van der Waals surface area contributed by atoms with Crippen LogP contribution in [-0.2, 0) is 13.6 Å². The first kappa shape index (κ1) is 8.61. The van der Waals surface area contributed by atoms with E-state index in [2.05, 4.69) is 15.2 Å². The lowest BCUT2D eigenvalue weighted by Gasteiger charge is -2.00. The van der Waals surface area contributed by atoms with E-state index < -0.39 is 0 Å². The highest BCUT2D eigenvalue weighted by molar-refractivity contribution is 5.92. The molecule has 0 fully saturated rings. The predicted octanol–water partition coefficient (Wildman–Crippen LogP) is -0.106. The van der Waals surface area contributed by atoms with Crippen molar-refractivity contribution in [2.45, 2.75) is 6.54 Å². The molecule has 2 aromatic rings. The zero-order valence-corrected chi connectivity index (χ0v) is 7.66. The summed E-state index contributed by atoms with van der Waals surface area (Å²) in [7, 11) is 1.74. The number of aromatic nitrogens is 5. The van der Waals surface area contributed by atoms with E-state index in [0.717, 1.165) is 0 Å². The summed E-state index contributed by atoms with van der Waals surface area (Å²) < 4.78 is 3.29. The summed E-state index contributed by atoms with van der Waals surface area (Å²) in [5.74, 6) is 0.279. The molecule has 14 heavy (non-hydrogen) atoms. The van der Waals surface area contributed by atoms with Gasteiger partial charge in [-0.15, -0.1) is 10.2 Å². The number of hydrogen-bond acceptors (Lipinski definition) is 4. The van der Waals surface area contributed by atoms with Crippen LogP contribution in [0.1, 0.15) is 10.6 Å². The van der Waals surface area contributed by atoms with Crippen molar-refractivity contribution in [2.75, 3.05) is 0 Å². The van der Waals surface area contributed by atoms with Gasteiger partial charge < -0.3 is 9.13 Å². The fourth-order valence-corrected chi connectivity index (χ4v) is 1.15. The highest BCUT2D eigenvalue weighted by Crippen LogP contribution is 1.96. The van der Waals surface area contributed by atoms with E-state index >= 15 is 0 Å². The fraction of sp³-hybridized carbons (Fsp3) is 0.250. The first-order valence-electron chi connectivity index (χ1n) is 4.10. The van der Waals surface area contributed by atoms with Crippen molar-refractivity contribution in [3.05, 3.63) is 30.9 Å². The number of hydrogen-bond donors (Lipinski definition) is 0. The maximum Gasteiger partial charge on any atom is 0.219 e. The number of carbonyl (C=O) groups is 1. The van der Waals surface area contributed by atoms with Gasteiger partial charge in [-0.1, -0.05) is 0 Å². The van der Waals surface area contributed by atoms with Gasteiger partial charge in [-0.3, -0.25) is 4.79 Å². The third-order valence-electron chi connectivity index (χ3n) is 1.85. The van der Waals surface area contributed by atoms with Crippen molar-refractivity contribution in [3.8, 4) is 0 Å². The number of nitrogens with zero attached hydrogens (tertiary/aromatic N) is 5. The Labute approximate surface area is 80.2 Å². The van der Waals surface area contributed by atoms with Gasteiger partial charge in [-0.05, 0) is 0 Å². The van der Waals surface area contributed by atoms with Gasteiger partial charge in [-0.2, -0.15) is 0 Å². The smallest absolute Gasteiger partial charge is 0.219 e. The molecule has 6 nitrogen and oxygen atoms in total. The number of carbonyl (C=O) groups excluding carboxylic acids is 1. The Morgan fingerprint density at radius 1 is 1.50 bits per heavy atom. The van der Waals surface area contributed by atoms with Crippen LogP contribution >= 0.6 is 0 Å². The topological polar surface area (TPSA) is 65.6 Å². The first-order valence-corrected chi connectivity index (χ1v) is 4.10. The average Bonchev–Trinajstić information content (AvgIpc) is 2.75. The van der Waals surface area contributed by atoms with Crippen LogP contribution in [0.5, 0.6) is 0 Å². The first-order chi connectivity index (χ1) is 6.77. The summed E-state index contributed by atoms with van der Waals surface area (Å²) in [6, 6.07) is 0. The Morgan fingerprint density at radius 2 is 2.36 bits per heavy atom. The lowest BCUT2D eigenvalue weighted by molar-refractivity contribution is 0.0958. The Bertz CT molecular complexity index is 430. The molecule has 2 aromatic heterocycles. The highest BCUT2D eigenvalue weighted by Gasteiger charge is 2.11. The van der Waals surface area contributed by atoms with E-state index in [-0.39, 0.29) is 12.3 Å². The summed E-state index contributed by atoms with van der Waals surface area (Å²) >= 11 is 0. The normalized spacial score (nSPS) is 10.4. The number of imidazole rings is 1. The van der Waals surface area contributed by atoms with E-state index in [9.17, 15) is 4.79 Å². The second kappa shape index (κ2) is 3.41. The lowest BCUT2D eigenvalue weighted by atomic mass is 10.3. The van der Waals surface area contributed by atoms with Crippen LogP contribution in [0.3, 0.4) is 0 Å². The highest BCUT2D eigenvalue weighted by atomic mass is 16.1. The van der Waals surface area contributed by atoms with Crippen LogP contribution in [0.25, 0.3) is 0 Å². The molecule has 6 heteroatoms. The second-order valence-corrected chi connectivity index (χ2v) is 2.92. The molecule has 0 radical (unpaired) electrons. The van der Waals surface area contributed by atoms with Gasteiger partial charge in [0.15, 0.2) is 0 Å². The van der Waals surface area contributed by atoms with Crippen LogP contribution in [-0.4, -0.2) is 30.1 Å². The monoisotopic (exact) mass is 191 g/mol. The van der Waals surface area contributed by atoms with Gasteiger partial charge in [0.25, 0.3) is 0 Å². The molecular weight excluding hydrogens is 182 g/mol. The molecular formula is C8H9N5O. The molecule has 2 rings (SSSR count). The molecule has 0 amide bonds. The molecule has 0 aliphatic carbocycles. The number of Topliss-reactive ketones (excluding diaryl/α,β-unsaturated/α-hetero) is 1. The standard InChI is InChI=1S/C8H9N5O/c1-12-6-10-11-8(12)7(14)4-13-3-2-9-5-13/h2-3,5-6H,4H2,1H3. The van der Waals surface area contributed by atoms with Crippen LogP contribution in [0.15, 0.2) is 25.0 Å². The van der Waals surface area contributed by atoms with E-state index in [1.165, 1.54) is 6.33 Å². The molecule has 0 atom stereocenters. The zero-order chi connectivity index (χ0) is 9.97. The third-order valence-corrected chi connectivity index (χ3v) is 1.85. The predicted molar refractivity (Wildman–Crippen MR) is 47.6 cm³/mol. The molecule has 0 aromatic carbocycles. The number of aryl methyl sites for hydroxylation is 1. The van der Waals surface area contributed by atoms with Gasteiger partial charge in [0, 0.05) is 19.4 Å². The van der Waals surface area contributed by atoms with Crippen LogP contribution < -0.4 is 0 Å². The van der Waals surface area contributed by atoms with E-state index in [1.54, 1.807) is 34.9 Å². The largest absolute Gasteiger partial charge is 0.330 e. The van der Waals surface area contributed by atoms with Crippen molar-refractivity contribution in [1.29, 1.82) is 0 Å². The molecule has 0 saturated heterocycles. The Morgan fingerprint density at radius 3 is 2.93 bits per heavy atom. The third kappa shape index (κ3) is 1.54. The molecule has 0 bridgehead atoms. The minimum Gasteiger partial charge on any atom is -0.330 e. The van der Waals surface area contributed by atoms with Crippen molar-refractivity contribution >= 4 is 5.78 Å². The Kier molecular flexibility index (Phi) is 2.10. The van der Waals surface area contributed by atoms with Crippen LogP contribution in [0.4, 0.5) is 0 Å². The summed E-state index contributed by atoms with van der Waals surface area (Å²) in [5.41, 5.74) is 0. The molecule has 0 aliphatic rings. The van der Waals surface area contributed by atoms with E-state index in [4.69, 9.17) is 0 Å². The zero-order valence-electron chi connectivity index (χ0n) is 7.66. The fourth-order valence-electron chi connectivity index (χ4n) is 1.15. The minimum atomic E-state index is -0.0806. The van der Waals surface area contributed by atoms with Crippen molar-refractivity contribution < 1.29 is 4.79 Å². The molecule has 0 N–H and O–H groups in total. The van der Waals surface area contributed by atoms with E-state index in [0.29, 0.717) is 5.82 Å². The number of ketones is 1. The lowest BCUT2D eigenvalue weighted by Crippen LogP contribution is -2.13. The van der Waals surface area contributed by atoms with Crippen LogP contribution in [0.2, 0.25) is 0 Å². The van der Waals surface area contributed by atoms with Gasteiger partial charge in [0.1, 0.15) is 6.33 Å². The Hall–Kier alpha value is -1.98. The maximum absolute atomic E-state index is 11.6.